The molecule has 0 bridgehead atoms. The summed E-state index contributed by atoms with van der Waals surface area (Å²) in [5, 5.41) is 23.0. The summed E-state index contributed by atoms with van der Waals surface area (Å²) in [6.45, 7) is 3.02. The number of aliphatic hydroxyl groups excluding tert-OH is 2. The second kappa shape index (κ2) is 16.9. The average Bonchev–Trinajstić information content (AvgIpc) is 3.18. The monoisotopic (exact) mass is 726 g/mol. The van der Waals surface area contributed by atoms with Crippen molar-refractivity contribution in [1.82, 2.24) is 0 Å². The molecule has 2 saturated heterocycles. The van der Waals surface area contributed by atoms with Crippen LogP contribution in [-0.4, -0.2) is 95.5 Å². The van der Waals surface area contributed by atoms with E-state index in [4.69, 9.17) is 33.2 Å². The van der Waals surface area contributed by atoms with Gasteiger partial charge >= 0.3 is 23.9 Å². The second-order valence-corrected chi connectivity index (χ2v) is 12.5. The quantitative estimate of drug-likeness (QED) is 0.177. The Labute approximate surface area is 304 Å². The molecule has 0 aromatic heterocycles. The lowest BCUT2D eigenvalue weighted by Crippen LogP contribution is -2.65. The minimum absolute atomic E-state index is 0.132. The van der Waals surface area contributed by atoms with Crippen molar-refractivity contribution in [3.05, 3.63) is 144 Å². The Morgan fingerprint density at radius 1 is 0.453 bits per heavy atom. The van der Waals surface area contributed by atoms with Gasteiger partial charge in [-0.15, -0.1) is 0 Å². The molecule has 0 spiro atoms. The van der Waals surface area contributed by atoms with Crippen LogP contribution in [0.1, 0.15) is 55.3 Å². The molecule has 276 valence electrons. The zero-order chi connectivity index (χ0) is 37.5. The van der Waals surface area contributed by atoms with Gasteiger partial charge in [-0.25, -0.2) is 19.2 Å². The van der Waals surface area contributed by atoms with E-state index in [-0.39, 0.29) is 22.3 Å². The van der Waals surface area contributed by atoms with E-state index in [1.54, 1.807) is 72.8 Å². The lowest BCUT2D eigenvalue weighted by atomic mass is 9.97. The Bertz CT molecular complexity index is 1840. The summed E-state index contributed by atoms with van der Waals surface area (Å²) in [4.78, 5) is 53.2. The van der Waals surface area contributed by atoms with Crippen LogP contribution in [0.3, 0.4) is 0 Å². The molecule has 4 aromatic rings. The summed E-state index contributed by atoms with van der Waals surface area (Å²) >= 11 is 0. The molecular formula is C40H38O13. The third-order valence-electron chi connectivity index (χ3n) is 8.80. The predicted molar refractivity (Wildman–Crippen MR) is 184 cm³/mol. The van der Waals surface area contributed by atoms with Crippen molar-refractivity contribution in [1.29, 1.82) is 0 Å². The van der Waals surface area contributed by atoms with E-state index in [1.165, 1.54) is 62.4 Å². The molecular weight excluding hydrogens is 688 g/mol. The van der Waals surface area contributed by atoms with E-state index in [2.05, 4.69) is 0 Å². The zero-order valence-electron chi connectivity index (χ0n) is 28.7. The fourth-order valence-electron chi connectivity index (χ4n) is 6.04. The normalized spacial score (nSPS) is 28.2. The average molecular weight is 727 g/mol. The predicted octanol–water partition coefficient (Wildman–Crippen LogP) is 4.12. The van der Waals surface area contributed by atoms with Crippen molar-refractivity contribution in [2.24, 2.45) is 0 Å². The molecule has 0 radical (unpaired) electrons. The van der Waals surface area contributed by atoms with E-state index in [1.807, 2.05) is 0 Å². The maximum atomic E-state index is 13.5. The first kappa shape index (κ1) is 37.3. The number of carbonyl (C=O) groups is 4. The van der Waals surface area contributed by atoms with Gasteiger partial charge in [0, 0.05) is 0 Å². The number of rotatable bonds is 10. The van der Waals surface area contributed by atoms with Gasteiger partial charge in [0.2, 0.25) is 0 Å². The second-order valence-electron chi connectivity index (χ2n) is 12.5. The van der Waals surface area contributed by atoms with Crippen LogP contribution in [0.5, 0.6) is 0 Å². The van der Waals surface area contributed by atoms with Gasteiger partial charge in [0.1, 0.15) is 6.10 Å². The van der Waals surface area contributed by atoms with Gasteiger partial charge in [-0.1, -0.05) is 72.8 Å². The number of benzene rings is 4. The Morgan fingerprint density at radius 2 is 0.792 bits per heavy atom. The number of ether oxygens (including phenoxy) is 7. The molecule has 2 aliphatic rings. The van der Waals surface area contributed by atoms with Crippen LogP contribution >= 0.6 is 0 Å². The van der Waals surface area contributed by atoms with Crippen molar-refractivity contribution in [2.45, 2.75) is 75.3 Å². The molecule has 13 heteroatoms. The standard InChI is InChI=1S/C40H38O13/c1-23-30(49-35(42)25-15-7-3-8-16-25)29(41)32(51-37(44)27-19-11-5-12-20-27)40(48-23)53-34-33(52-38(45)28-21-13-6-14-22-28)31(24(2)47-39(34)46)50-36(43)26-17-9-4-10-18-26/h3-24,29-34,39-41,46H,1-2H3/t23-,24-,29+,30-,31-,32+,33+,34+,39+,40-/m0/s1. The summed E-state index contributed by atoms with van der Waals surface area (Å²) in [6, 6.07) is 32.1. The van der Waals surface area contributed by atoms with Crippen LogP contribution in [0.2, 0.25) is 0 Å². The lowest BCUT2D eigenvalue weighted by molar-refractivity contribution is -0.353. The molecule has 0 saturated carbocycles. The first-order valence-electron chi connectivity index (χ1n) is 17.0. The molecule has 2 fully saturated rings. The molecule has 53 heavy (non-hydrogen) atoms. The molecule has 6 rings (SSSR count). The molecule has 4 aromatic carbocycles. The molecule has 13 nitrogen and oxygen atoms in total. The van der Waals surface area contributed by atoms with Gasteiger partial charge in [-0.2, -0.15) is 0 Å². The molecule has 0 amide bonds. The first-order chi connectivity index (χ1) is 25.6. The third kappa shape index (κ3) is 8.79. The summed E-state index contributed by atoms with van der Waals surface area (Å²) in [7, 11) is 0. The van der Waals surface area contributed by atoms with Crippen LogP contribution < -0.4 is 0 Å². The number of carbonyl (C=O) groups excluding carboxylic acids is 4. The summed E-state index contributed by atoms with van der Waals surface area (Å²) < 4.78 is 41.2. The molecule has 2 N–H and O–H groups in total. The molecule has 0 aliphatic carbocycles. The fraction of sp³-hybridized carbons (Fsp3) is 0.300. The number of hydrogen-bond donors (Lipinski definition) is 2. The number of aliphatic hydroxyl groups is 2. The van der Waals surface area contributed by atoms with Crippen LogP contribution in [-0.2, 0) is 33.2 Å². The Morgan fingerprint density at radius 3 is 1.21 bits per heavy atom. The minimum Gasteiger partial charge on any atom is -0.453 e. The Balaban J connectivity index is 1.32. The van der Waals surface area contributed by atoms with E-state index in [0.29, 0.717) is 0 Å². The van der Waals surface area contributed by atoms with Crippen molar-refractivity contribution in [3.8, 4) is 0 Å². The van der Waals surface area contributed by atoms with E-state index < -0.39 is 85.3 Å². The van der Waals surface area contributed by atoms with Crippen LogP contribution in [0.25, 0.3) is 0 Å². The van der Waals surface area contributed by atoms with Gasteiger partial charge in [0.15, 0.2) is 43.1 Å². The van der Waals surface area contributed by atoms with Gasteiger partial charge < -0.3 is 43.4 Å². The van der Waals surface area contributed by atoms with Crippen molar-refractivity contribution < 1.29 is 62.5 Å². The number of hydrogen-bond acceptors (Lipinski definition) is 13. The topological polar surface area (TPSA) is 173 Å². The van der Waals surface area contributed by atoms with Crippen molar-refractivity contribution >= 4 is 23.9 Å². The molecule has 0 unspecified atom stereocenters. The highest BCUT2D eigenvalue weighted by Gasteiger charge is 2.54. The van der Waals surface area contributed by atoms with Gasteiger partial charge in [-0.05, 0) is 62.4 Å². The zero-order valence-corrected chi connectivity index (χ0v) is 28.7. The van der Waals surface area contributed by atoms with Gasteiger partial charge in [-0.3, -0.25) is 0 Å². The smallest absolute Gasteiger partial charge is 0.338 e. The third-order valence-corrected chi connectivity index (χ3v) is 8.80. The van der Waals surface area contributed by atoms with E-state index >= 15 is 0 Å². The molecule has 2 aliphatic heterocycles. The maximum absolute atomic E-state index is 13.5. The van der Waals surface area contributed by atoms with Crippen LogP contribution in [0.4, 0.5) is 0 Å². The number of esters is 4. The minimum atomic E-state index is -1.81. The summed E-state index contributed by atoms with van der Waals surface area (Å²) in [6.07, 6.45) is -14.8. The highest BCUT2D eigenvalue weighted by atomic mass is 16.8. The SMILES string of the molecule is C[C@@H]1O[C@@H](O[C@@H]2[C@H](OC(=O)c3ccccc3)[C@@H](OC(=O)c3ccccc3)[C@H](C)O[C@H]2O)[C@H](OC(=O)c2ccccc2)[C@H](O)[C@H]1OC(=O)c1ccccc1. The molecule has 10 atom stereocenters. The maximum Gasteiger partial charge on any atom is 0.338 e. The largest absolute Gasteiger partial charge is 0.453 e. The van der Waals surface area contributed by atoms with E-state index in [0.717, 1.165) is 0 Å². The highest BCUT2D eigenvalue weighted by molar-refractivity contribution is 5.91. The fourth-order valence-corrected chi connectivity index (χ4v) is 6.04. The van der Waals surface area contributed by atoms with Gasteiger partial charge in [0.25, 0.3) is 0 Å². The van der Waals surface area contributed by atoms with E-state index in [9.17, 15) is 29.4 Å². The van der Waals surface area contributed by atoms with Gasteiger partial charge in [0.05, 0.1) is 34.5 Å². The first-order valence-corrected chi connectivity index (χ1v) is 17.0. The van der Waals surface area contributed by atoms with Crippen molar-refractivity contribution in [2.75, 3.05) is 0 Å². The molecule has 2 heterocycles. The Hall–Kier alpha value is -5.44. The highest BCUT2D eigenvalue weighted by Crippen LogP contribution is 2.34. The lowest BCUT2D eigenvalue weighted by Gasteiger charge is -2.47. The van der Waals surface area contributed by atoms with Crippen molar-refractivity contribution in [3.63, 3.8) is 0 Å². The summed E-state index contributed by atoms with van der Waals surface area (Å²) in [5.74, 6) is -3.23. The Kier molecular flexibility index (Phi) is 11.9. The van der Waals surface area contributed by atoms with Crippen LogP contribution in [0, 0.1) is 0 Å². The van der Waals surface area contributed by atoms with Crippen LogP contribution in [0.15, 0.2) is 121 Å². The summed E-state index contributed by atoms with van der Waals surface area (Å²) in [5.41, 5.74) is 0.697.